The minimum Gasteiger partial charge on any atom is -0.321 e. The maximum absolute atomic E-state index is 6.12. The Hall–Kier alpha value is -0.940. The van der Waals surface area contributed by atoms with E-state index >= 15 is 0 Å². The van der Waals surface area contributed by atoms with Gasteiger partial charge < -0.3 is 5.73 Å². The van der Waals surface area contributed by atoms with E-state index in [0.29, 0.717) is 5.92 Å². The molecule has 2 N–H and O–H groups in total. The lowest BCUT2D eigenvalue weighted by Crippen LogP contribution is -2.15. The molecule has 15 heavy (non-hydrogen) atoms. The first-order valence-corrected chi connectivity index (χ1v) is 5.81. The molecular formula is C10H11BrN4. The summed E-state index contributed by atoms with van der Waals surface area (Å²) >= 11 is 3.44. The zero-order valence-corrected chi connectivity index (χ0v) is 9.68. The molecule has 0 aliphatic heterocycles. The van der Waals surface area contributed by atoms with Gasteiger partial charge in [-0.15, -0.1) is 10.2 Å². The van der Waals surface area contributed by atoms with Crippen LogP contribution in [-0.4, -0.2) is 14.6 Å². The number of pyridine rings is 1. The molecule has 0 saturated heterocycles. The van der Waals surface area contributed by atoms with Gasteiger partial charge in [-0.05, 0) is 46.8 Å². The van der Waals surface area contributed by atoms with Crippen molar-refractivity contribution in [1.82, 2.24) is 14.6 Å². The van der Waals surface area contributed by atoms with Crippen LogP contribution in [0.1, 0.15) is 24.7 Å². The summed E-state index contributed by atoms with van der Waals surface area (Å²) in [6.07, 6.45) is 4.39. The van der Waals surface area contributed by atoms with E-state index in [9.17, 15) is 0 Å². The van der Waals surface area contributed by atoms with Gasteiger partial charge in [-0.2, -0.15) is 0 Å². The molecule has 2 heterocycles. The van der Waals surface area contributed by atoms with Crippen LogP contribution in [0.4, 0.5) is 0 Å². The zero-order valence-electron chi connectivity index (χ0n) is 8.10. The van der Waals surface area contributed by atoms with E-state index in [2.05, 4.69) is 26.1 Å². The Morgan fingerprint density at radius 1 is 1.40 bits per heavy atom. The first-order valence-electron chi connectivity index (χ1n) is 5.01. The van der Waals surface area contributed by atoms with Crippen molar-refractivity contribution in [3.8, 4) is 0 Å². The van der Waals surface area contributed by atoms with Crippen LogP contribution >= 0.6 is 15.9 Å². The summed E-state index contributed by atoms with van der Waals surface area (Å²) in [7, 11) is 0. The predicted octanol–water partition coefficient (Wildman–Crippen LogP) is 1.90. The molecule has 1 atom stereocenters. The van der Waals surface area contributed by atoms with E-state index in [-0.39, 0.29) is 6.04 Å². The Bertz CT molecular complexity index is 503. The molecule has 0 amide bonds. The van der Waals surface area contributed by atoms with Gasteiger partial charge in [0.15, 0.2) is 11.5 Å². The lowest BCUT2D eigenvalue weighted by Gasteiger charge is -2.07. The van der Waals surface area contributed by atoms with Crippen LogP contribution in [0.5, 0.6) is 0 Å². The largest absolute Gasteiger partial charge is 0.321 e. The molecule has 0 bridgehead atoms. The van der Waals surface area contributed by atoms with Crippen molar-refractivity contribution < 1.29 is 0 Å². The first kappa shape index (κ1) is 9.30. The van der Waals surface area contributed by atoms with Gasteiger partial charge in [-0.3, -0.25) is 4.40 Å². The maximum atomic E-state index is 6.12. The molecule has 1 aliphatic carbocycles. The van der Waals surface area contributed by atoms with E-state index < -0.39 is 0 Å². The summed E-state index contributed by atoms with van der Waals surface area (Å²) in [5, 5.41) is 8.27. The molecule has 3 rings (SSSR count). The highest BCUT2D eigenvalue weighted by molar-refractivity contribution is 9.10. The molecule has 2 aromatic heterocycles. The highest BCUT2D eigenvalue weighted by Crippen LogP contribution is 2.38. The minimum absolute atomic E-state index is 0.0225. The van der Waals surface area contributed by atoms with Crippen LogP contribution < -0.4 is 5.73 Å². The van der Waals surface area contributed by atoms with Crippen molar-refractivity contribution in [2.75, 3.05) is 0 Å². The number of hydrogen-bond acceptors (Lipinski definition) is 3. The predicted molar refractivity (Wildman–Crippen MR) is 60.3 cm³/mol. The summed E-state index contributed by atoms with van der Waals surface area (Å²) in [5.74, 6) is 1.46. The van der Waals surface area contributed by atoms with Crippen molar-refractivity contribution in [1.29, 1.82) is 0 Å². The topological polar surface area (TPSA) is 56.2 Å². The van der Waals surface area contributed by atoms with Gasteiger partial charge in [0.25, 0.3) is 0 Å². The van der Waals surface area contributed by atoms with Crippen molar-refractivity contribution in [3.63, 3.8) is 0 Å². The molecule has 0 radical (unpaired) electrons. The van der Waals surface area contributed by atoms with Gasteiger partial charge in [0.2, 0.25) is 0 Å². The van der Waals surface area contributed by atoms with Crippen LogP contribution in [0.2, 0.25) is 0 Å². The molecule has 1 saturated carbocycles. The van der Waals surface area contributed by atoms with E-state index in [1.54, 1.807) is 0 Å². The van der Waals surface area contributed by atoms with Gasteiger partial charge in [0, 0.05) is 10.7 Å². The van der Waals surface area contributed by atoms with Gasteiger partial charge >= 0.3 is 0 Å². The summed E-state index contributed by atoms with van der Waals surface area (Å²) in [6.45, 7) is 0. The lowest BCUT2D eigenvalue weighted by atomic mass is 10.2. The second kappa shape index (κ2) is 3.28. The van der Waals surface area contributed by atoms with Crippen molar-refractivity contribution in [2.45, 2.75) is 18.9 Å². The number of nitrogens with zero attached hydrogens (tertiary/aromatic N) is 3. The zero-order chi connectivity index (χ0) is 10.4. The molecule has 0 aromatic carbocycles. The van der Waals surface area contributed by atoms with Crippen LogP contribution in [0, 0.1) is 5.92 Å². The Labute approximate surface area is 95.6 Å². The first-order chi connectivity index (χ1) is 7.25. The van der Waals surface area contributed by atoms with Crippen molar-refractivity contribution in [2.24, 2.45) is 11.7 Å². The third kappa shape index (κ3) is 1.55. The highest BCUT2D eigenvalue weighted by Gasteiger charge is 2.32. The fourth-order valence-electron chi connectivity index (χ4n) is 1.78. The monoisotopic (exact) mass is 266 g/mol. The summed E-state index contributed by atoms with van der Waals surface area (Å²) < 4.78 is 2.98. The molecule has 0 spiro atoms. The van der Waals surface area contributed by atoms with Crippen molar-refractivity contribution >= 4 is 21.6 Å². The molecule has 2 aromatic rings. The third-order valence-electron chi connectivity index (χ3n) is 2.82. The number of fused-ring (bicyclic) bond motifs is 1. The Kier molecular flexibility index (Phi) is 2.03. The van der Waals surface area contributed by atoms with Crippen LogP contribution in [0.3, 0.4) is 0 Å². The van der Waals surface area contributed by atoms with Crippen LogP contribution in [0.15, 0.2) is 22.8 Å². The molecule has 5 heteroatoms. The smallest absolute Gasteiger partial charge is 0.160 e. The number of aromatic nitrogens is 3. The Morgan fingerprint density at radius 2 is 2.20 bits per heavy atom. The highest BCUT2D eigenvalue weighted by atomic mass is 79.9. The minimum atomic E-state index is 0.0225. The Morgan fingerprint density at radius 3 is 2.93 bits per heavy atom. The molecule has 1 fully saturated rings. The average Bonchev–Trinajstić information content (AvgIpc) is 2.98. The number of halogens is 1. The normalized spacial score (nSPS) is 18.3. The van der Waals surface area contributed by atoms with Crippen LogP contribution in [-0.2, 0) is 0 Å². The number of rotatable bonds is 2. The lowest BCUT2D eigenvalue weighted by molar-refractivity contribution is 0.587. The SMILES string of the molecule is NC(c1nnc2ccc(Br)cn12)C1CC1. The number of nitrogens with two attached hydrogens (primary N) is 1. The summed E-state index contributed by atoms with van der Waals surface area (Å²) in [4.78, 5) is 0. The second-order valence-electron chi connectivity index (χ2n) is 4.00. The summed E-state index contributed by atoms with van der Waals surface area (Å²) in [5.41, 5.74) is 6.97. The van der Waals surface area contributed by atoms with E-state index in [4.69, 9.17) is 5.73 Å². The van der Waals surface area contributed by atoms with Crippen LogP contribution in [0.25, 0.3) is 5.65 Å². The van der Waals surface area contributed by atoms with Crippen molar-refractivity contribution in [3.05, 3.63) is 28.6 Å². The van der Waals surface area contributed by atoms with Gasteiger partial charge in [-0.1, -0.05) is 0 Å². The number of hydrogen-bond donors (Lipinski definition) is 1. The fourth-order valence-corrected chi connectivity index (χ4v) is 2.11. The molecule has 1 unspecified atom stereocenters. The molecular weight excluding hydrogens is 256 g/mol. The van der Waals surface area contributed by atoms with Gasteiger partial charge in [0.1, 0.15) is 0 Å². The molecule has 78 valence electrons. The summed E-state index contributed by atoms with van der Waals surface area (Å²) in [6, 6.07) is 3.91. The third-order valence-corrected chi connectivity index (χ3v) is 3.29. The molecule has 1 aliphatic rings. The average molecular weight is 267 g/mol. The van der Waals surface area contributed by atoms with E-state index in [0.717, 1.165) is 15.9 Å². The maximum Gasteiger partial charge on any atom is 0.160 e. The quantitative estimate of drug-likeness (QED) is 0.904. The standard InChI is InChI=1S/C10H11BrN4/c11-7-3-4-8-13-14-10(15(8)5-7)9(12)6-1-2-6/h3-6,9H,1-2,12H2. The second-order valence-corrected chi connectivity index (χ2v) is 4.91. The van der Waals surface area contributed by atoms with Gasteiger partial charge in [-0.25, -0.2) is 0 Å². The van der Waals surface area contributed by atoms with E-state index in [1.165, 1.54) is 12.8 Å². The molecule has 4 nitrogen and oxygen atoms in total. The fraction of sp³-hybridized carbons (Fsp3) is 0.400. The van der Waals surface area contributed by atoms with Gasteiger partial charge in [0.05, 0.1) is 6.04 Å². The van der Waals surface area contributed by atoms with E-state index in [1.807, 2.05) is 22.7 Å². The Balaban J connectivity index is 2.13.